The van der Waals surface area contributed by atoms with Crippen LogP contribution in [0.5, 0.6) is 0 Å². The van der Waals surface area contributed by atoms with E-state index in [0.29, 0.717) is 11.4 Å². The Morgan fingerprint density at radius 1 is 0.719 bits per heavy atom. The highest BCUT2D eigenvalue weighted by Crippen LogP contribution is 2.27. The highest BCUT2D eigenvalue weighted by Gasteiger charge is 2.17. The number of hydrogen-bond donors (Lipinski definition) is 1. The molecule has 0 saturated heterocycles. The van der Waals surface area contributed by atoms with Crippen molar-refractivity contribution in [1.82, 2.24) is 14.8 Å². The number of hydrogen-bond acceptors (Lipinski definition) is 3. The standard InChI is InChI=1S/C27H20N4O/c32-27(29-23-10-7-17-28-19-23)25-18-26(31(30-25)24-11-5-2-6-12-24)22-15-13-21(14-16-22)20-8-3-1-4-9-20/h1-19H,(H,29,32). The first kappa shape index (κ1) is 19.5. The number of rotatable bonds is 5. The highest BCUT2D eigenvalue weighted by molar-refractivity contribution is 6.03. The molecule has 5 heteroatoms. The number of nitrogens with zero attached hydrogens (tertiary/aromatic N) is 3. The summed E-state index contributed by atoms with van der Waals surface area (Å²) in [5, 5.41) is 7.47. The minimum Gasteiger partial charge on any atom is -0.319 e. The zero-order valence-corrected chi connectivity index (χ0v) is 17.2. The average Bonchev–Trinajstić information content (AvgIpc) is 3.32. The Bertz CT molecular complexity index is 1330. The molecule has 5 aromatic rings. The molecule has 0 bridgehead atoms. The molecule has 2 aromatic heterocycles. The molecule has 0 spiro atoms. The second kappa shape index (κ2) is 8.70. The van der Waals surface area contributed by atoms with E-state index in [1.807, 2.05) is 54.6 Å². The van der Waals surface area contributed by atoms with Crippen molar-refractivity contribution >= 4 is 11.6 Å². The number of anilines is 1. The number of pyridine rings is 1. The number of carbonyl (C=O) groups excluding carboxylic acids is 1. The van der Waals surface area contributed by atoms with E-state index in [2.05, 4.69) is 51.8 Å². The third kappa shape index (κ3) is 4.04. The van der Waals surface area contributed by atoms with Gasteiger partial charge in [-0.05, 0) is 41.5 Å². The van der Waals surface area contributed by atoms with Gasteiger partial charge in [0.2, 0.25) is 0 Å². The van der Waals surface area contributed by atoms with Crippen LogP contribution in [0, 0.1) is 0 Å². The largest absolute Gasteiger partial charge is 0.319 e. The fraction of sp³-hybridized carbons (Fsp3) is 0. The predicted octanol–water partition coefficient (Wildman–Crippen LogP) is 5.85. The molecule has 2 heterocycles. The average molecular weight is 416 g/mol. The summed E-state index contributed by atoms with van der Waals surface area (Å²) in [6.45, 7) is 0. The van der Waals surface area contributed by atoms with Crippen LogP contribution in [0.2, 0.25) is 0 Å². The van der Waals surface area contributed by atoms with E-state index in [1.165, 1.54) is 0 Å². The third-order valence-corrected chi connectivity index (χ3v) is 5.15. The lowest BCUT2D eigenvalue weighted by Gasteiger charge is -2.08. The van der Waals surface area contributed by atoms with Gasteiger partial charge in [-0.1, -0.05) is 72.8 Å². The monoisotopic (exact) mass is 416 g/mol. The van der Waals surface area contributed by atoms with Gasteiger partial charge < -0.3 is 5.32 Å². The number of carbonyl (C=O) groups is 1. The van der Waals surface area contributed by atoms with E-state index in [-0.39, 0.29) is 5.91 Å². The molecule has 0 aliphatic carbocycles. The Labute approximate surface area is 186 Å². The van der Waals surface area contributed by atoms with Gasteiger partial charge in [0.05, 0.1) is 23.3 Å². The molecule has 0 fully saturated rings. The SMILES string of the molecule is O=C(Nc1cccnc1)c1cc(-c2ccc(-c3ccccc3)cc2)n(-c2ccccc2)n1. The maximum absolute atomic E-state index is 12.9. The highest BCUT2D eigenvalue weighted by atomic mass is 16.2. The minimum absolute atomic E-state index is 0.283. The third-order valence-electron chi connectivity index (χ3n) is 5.15. The maximum Gasteiger partial charge on any atom is 0.276 e. The summed E-state index contributed by atoms with van der Waals surface area (Å²) in [5.41, 5.74) is 5.95. The number of nitrogens with one attached hydrogen (secondary N) is 1. The summed E-state index contributed by atoms with van der Waals surface area (Å²) in [6, 6.07) is 33.7. The molecular formula is C27H20N4O. The molecule has 0 aliphatic heterocycles. The molecule has 1 N–H and O–H groups in total. The molecule has 154 valence electrons. The second-order valence-electron chi connectivity index (χ2n) is 7.30. The summed E-state index contributed by atoms with van der Waals surface area (Å²) in [5.74, 6) is -0.283. The van der Waals surface area contributed by atoms with Crippen LogP contribution in [0.3, 0.4) is 0 Å². The van der Waals surface area contributed by atoms with Crippen LogP contribution in [-0.2, 0) is 0 Å². The first-order valence-electron chi connectivity index (χ1n) is 10.3. The fourth-order valence-electron chi connectivity index (χ4n) is 3.56. The smallest absolute Gasteiger partial charge is 0.276 e. The summed E-state index contributed by atoms with van der Waals surface area (Å²) in [7, 11) is 0. The topological polar surface area (TPSA) is 59.8 Å². The molecule has 0 saturated carbocycles. The van der Waals surface area contributed by atoms with Crippen LogP contribution in [0.4, 0.5) is 5.69 Å². The lowest BCUT2D eigenvalue weighted by atomic mass is 10.0. The van der Waals surface area contributed by atoms with E-state index in [0.717, 1.165) is 28.1 Å². The molecule has 32 heavy (non-hydrogen) atoms. The van der Waals surface area contributed by atoms with Crippen LogP contribution < -0.4 is 5.32 Å². The van der Waals surface area contributed by atoms with Crippen molar-refractivity contribution in [2.45, 2.75) is 0 Å². The van der Waals surface area contributed by atoms with Gasteiger partial charge >= 0.3 is 0 Å². The van der Waals surface area contributed by atoms with Crippen molar-refractivity contribution in [1.29, 1.82) is 0 Å². The summed E-state index contributed by atoms with van der Waals surface area (Å²) < 4.78 is 1.80. The Morgan fingerprint density at radius 3 is 2.06 bits per heavy atom. The zero-order chi connectivity index (χ0) is 21.8. The molecule has 5 nitrogen and oxygen atoms in total. The van der Waals surface area contributed by atoms with E-state index < -0.39 is 0 Å². The lowest BCUT2D eigenvalue weighted by Crippen LogP contribution is -2.13. The molecule has 0 radical (unpaired) electrons. The van der Waals surface area contributed by atoms with E-state index in [4.69, 9.17) is 0 Å². The number of amides is 1. The number of benzene rings is 3. The van der Waals surface area contributed by atoms with Gasteiger partial charge in [0.1, 0.15) is 0 Å². The second-order valence-corrected chi connectivity index (χ2v) is 7.30. The molecule has 0 atom stereocenters. The van der Waals surface area contributed by atoms with Gasteiger partial charge in [-0.3, -0.25) is 9.78 Å². The van der Waals surface area contributed by atoms with Crippen molar-refractivity contribution < 1.29 is 4.79 Å². The molecule has 1 amide bonds. The number of aromatic nitrogens is 3. The molecule has 5 rings (SSSR count). The van der Waals surface area contributed by atoms with Crippen molar-refractivity contribution in [2.24, 2.45) is 0 Å². The van der Waals surface area contributed by atoms with E-state index >= 15 is 0 Å². The van der Waals surface area contributed by atoms with E-state index in [1.54, 1.807) is 29.2 Å². The van der Waals surface area contributed by atoms with Gasteiger partial charge in [0.15, 0.2) is 5.69 Å². The van der Waals surface area contributed by atoms with Gasteiger partial charge in [-0.25, -0.2) is 4.68 Å². The van der Waals surface area contributed by atoms with Crippen molar-refractivity contribution in [3.63, 3.8) is 0 Å². The minimum atomic E-state index is -0.283. The van der Waals surface area contributed by atoms with Crippen LogP contribution in [-0.4, -0.2) is 20.7 Å². The fourth-order valence-corrected chi connectivity index (χ4v) is 3.56. The molecule has 0 unspecified atom stereocenters. The maximum atomic E-state index is 12.9. The molecular weight excluding hydrogens is 396 g/mol. The first-order chi connectivity index (χ1) is 15.8. The van der Waals surface area contributed by atoms with Crippen molar-refractivity contribution in [2.75, 3.05) is 5.32 Å². The van der Waals surface area contributed by atoms with Crippen molar-refractivity contribution in [3.05, 3.63) is 121 Å². The summed E-state index contributed by atoms with van der Waals surface area (Å²) >= 11 is 0. The van der Waals surface area contributed by atoms with Crippen LogP contribution in [0.25, 0.3) is 28.1 Å². The normalized spacial score (nSPS) is 10.6. The quantitative estimate of drug-likeness (QED) is 0.391. The number of para-hydroxylation sites is 1. The van der Waals surface area contributed by atoms with Crippen molar-refractivity contribution in [3.8, 4) is 28.1 Å². The zero-order valence-electron chi connectivity index (χ0n) is 17.2. The summed E-state index contributed by atoms with van der Waals surface area (Å²) in [6.07, 6.45) is 3.27. The van der Waals surface area contributed by atoms with Gasteiger partial charge in [0.25, 0.3) is 5.91 Å². The lowest BCUT2D eigenvalue weighted by molar-refractivity contribution is 0.102. The van der Waals surface area contributed by atoms with Gasteiger partial charge in [-0.2, -0.15) is 5.10 Å². The van der Waals surface area contributed by atoms with Crippen LogP contribution >= 0.6 is 0 Å². The first-order valence-corrected chi connectivity index (χ1v) is 10.3. The Morgan fingerprint density at radius 2 is 1.38 bits per heavy atom. The van der Waals surface area contributed by atoms with Gasteiger partial charge in [0, 0.05) is 11.8 Å². The van der Waals surface area contributed by atoms with Crippen LogP contribution in [0.15, 0.2) is 116 Å². The Balaban J connectivity index is 1.53. The van der Waals surface area contributed by atoms with Crippen LogP contribution in [0.1, 0.15) is 10.5 Å². The van der Waals surface area contributed by atoms with Gasteiger partial charge in [-0.15, -0.1) is 0 Å². The Hall–Kier alpha value is -4.51. The van der Waals surface area contributed by atoms with E-state index in [9.17, 15) is 4.79 Å². The molecule has 3 aromatic carbocycles. The Kier molecular flexibility index (Phi) is 5.29. The molecule has 0 aliphatic rings. The predicted molar refractivity (Wildman–Crippen MR) is 127 cm³/mol. The summed E-state index contributed by atoms with van der Waals surface area (Å²) in [4.78, 5) is 16.9.